The molecule has 2 heterocycles. The van der Waals surface area contributed by atoms with Gasteiger partial charge in [-0.2, -0.15) is 0 Å². The zero-order valence-corrected chi connectivity index (χ0v) is 12.1. The Bertz CT molecular complexity index is 494. The summed E-state index contributed by atoms with van der Waals surface area (Å²) < 4.78 is 0. The van der Waals surface area contributed by atoms with Gasteiger partial charge in [-0.15, -0.1) is 0 Å². The van der Waals surface area contributed by atoms with Crippen molar-refractivity contribution in [2.75, 3.05) is 31.3 Å². The Kier molecular flexibility index (Phi) is 4.39. The van der Waals surface area contributed by atoms with Crippen LogP contribution >= 0.6 is 0 Å². The lowest BCUT2D eigenvalue weighted by Gasteiger charge is -2.35. The quantitative estimate of drug-likeness (QED) is 0.647. The monoisotopic (exact) mass is 279 g/mol. The number of piperidine rings is 1. The molecule has 1 aliphatic heterocycles. The fourth-order valence-electron chi connectivity index (χ4n) is 2.46. The number of nitrogens with zero attached hydrogens (tertiary/aromatic N) is 3. The van der Waals surface area contributed by atoms with E-state index in [1.165, 1.54) is 6.07 Å². The minimum atomic E-state index is -0.396. The Morgan fingerprint density at radius 1 is 1.50 bits per heavy atom. The van der Waals surface area contributed by atoms with Crippen LogP contribution in [0.1, 0.15) is 19.8 Å². The van der Waals surface area contributed by atoms with Crippen molar-refractivity contribution in [2.45, 2.75) is 31.8 Å². The Hall–Kier alpha value is -1.89. The van der Waals surface area contributed by atoms with E-state index in [1.807, 2.05) is 0 Å². The zero-order chi connectivity index (χ0) is 14.7. The van der Waals surface area contributed by atoms with Gasteiger partial charge < -0.3 is 15.5 Å². The van der Waals surface area contributed by atoms with E-state index in [4.69, 9.17) is 0 Å². The molecule has 2 N–H and O–H groups in total. The number of hydrogen-bond donors (Lipinski definition) is 2. The van der Waals surface area contributed by atoms with Crippen molar-refractivity contribution in [2.24, 2.45) is 0 Å². The molecule has 110 valence electrons. The highest BCUT2D eigenvalue weighted by Gasteiger charge is 2.25. The largest absolute Gasteiger partial charge is 0.373 e. The van der Waals surface area contributed by atoms with Gasteiger partial charge in [0.1, 0.15) is 5.82 Å². The molecular weight excluding hydrogens is 258 g/mol. The van der Waals surface area contributed by atoms with Gasteiger partial charge in [-0.05, 0) is 32.9 Å². The molecule has 20 heavy (non-hydrogen) atoms. The van der Waals surface area contributed by atoms with Gasteiger partial charge in [-0.25, -0.2) is 4.98 Å². The van der Waals surface area contributed by atoms with Crippen molar-refractivity contribution in [3.8, 4) is 0 Å². The first kappa shape index (κ1) is 14.5. The number of anilines is 2. The number of nitrogens with one attached hydrogen (secondary N) is 2. The van der Waals surface area contributed by atoms with Crippen molar-refractivity contribution >= 4 is 17.3 Å². The molecule has 0 aromatic carbocycles. The van der Waals surface area contributed by atoms with E-state index < -0.39 is 4.92 Å². The number of likely N-dealkylation sites (tertiary alicyclic amines) is 1. The fourth-order valence-corrected chi connectivity index (χ4v) is 2.46. The van der Waals surface area contributed by atoms with Gasteiger partial charge in [0.05, 0.1) is 4.92 Å². The van der Waals surface area contributed by atoms with Crippen LogP contribution in [0.5, 0.6) is 0 Å². The SMILES string of the molecule is CNc1ccc([N+](=O)[O-])c(NC2CCN(C)C(C)C2)n1. The van der Waals surface area contributed by atoms with Gasteiger partial charge >= 0.3 is 5.69 Å². The van der Waals surface area contributed by atoms with Crippen LogP contribution in [0.4, 0.5) is 17.3 Å². The van der Waals surface area contributed by atoms with E-state index >= 15 is 0 Å². The van der Waals surface area contributed by atoms with Crippen molar-refractivity contribution < 1.29 is 4.92 Å². The smallest absolute Gasteiger partial charge is 0.311 e. The number of pyridine rings is 1. The van der Waals surface area contributed by atoms with Crippen LogP contribution < -0.4 is 10.6 Å². The minimum Gasteiger partial charge on any atom is -0.373 e. The van der Waals surface area contributed by atoms with Crippen molar-refractivity contribution in [1.29, 1.82) is 0 Å². The highest BCUT2D eigenvalue weighted by molar-refractivity contribution is 5.60. The maximum absolute atomic E-state index is 11.1. The lowest BCUT2D eigenvalue weighted by molar-refractivity contribution is -0.384. The molecule has 0 aliphatic carbocycles. The molecule has 1 aromatic heterocycles. The van der Waals surface area contributed by atoms with Crippen LogP contribution in [0.25, 0.3) is 0 Å². The molecule has 2 atom stereocenters. The van der Waals surface area contributed by atoms with Crippen molar-refractivity contribution in [3.63, 3.8) is 0 Å². The van der Waals surface area contributed by atoms with E-state index in [0.29, 0.717) is 17.7 Å². The Morgan fingerprint density at radius 2 is 2.25 bits per heavy atom. The fraction of sp³-hybridized carbons (Fsp3) is 0.615. The topological polar surface area (TPSA) is 83.3 Å². The van der Waals surface area contributed by atoms with Crippen LogP contribution in [0.3, 0.4) is 0 Å². The van der Waals surface area contributed by atoms with Crippen molar-refractivity contribution in [3.05, 3.63) is 22.2 Å². The maximum Gasteiger partial charge on any atom is 0.311 e. The molecule has 1 aliphatic rings. The molecule has 0 radical (unpaired) electrons. The highest BCUT2D eigenvalue weighted by Crippen LogP contribution is 2.27. The number of rotatable bonds is 4. The molecule has 2 unspecified atom stereocenters. The van der Waals surface area contributed by atoms with Crippen molar-refractivity contribution in [1.82, 2.24) is 9.88 Å². The third-order valence-electron chi connectivity index (χ3n) is 3.88. The summed E-state index contributed by atoms with van der Waals surface area (Å²) in [6.07, 6.45) is 1.92. The molecule has 0 saturated carbocycles. The molecule has 0 amide bonds. The van der Waals surface area contributed by atoms with Gasteiger partial charge in [0.2, 0.25) is 5.82 Å². The van der Waals surface area contributed by atoms with Crippen LogP contribution in [0, 0.1) is 10.1 Å². The first-order valence-electron chi connectivity index (χ1n) is 6.81. The molecule has 1 aromatic rings. The third-order valence-corrected chi connectivity index (χ3v) is 3.88. The summed E-state index contributed by atoms with van der Waals surface area (Å²) >= 11 is 0. The maximum atomic E-state index is 11.1. The highest BCUT2D eigenvalue weighted by atomic mass is 16.6. The van der Waals surface area contributed by atoms with Crippen LogP contribution in [0.15, 0.2) is 12.1 Å². The third kappa shape index (κ3) is 3.16. The van der Waals surface area contributed by atoms with Gasteiger partial charge in [-0.1, -0.05) is 0 Å². The summed E-state index contributed by atoms with van der Waals surface area (Å²) in [4.78, 5) is 17.2. The second-order valence-corrected chi connectivity index (χ2v) is 5.27. The summed E-state index contributed by atoms with van der Waals surface area (Å²) in [7, 11) is 3.85. The second-order valence-electron chi connectivity index (χ2n) is 5.27. The van der Waals surface area contributed by atoms with Crippen LogP contribution in [-0.2, 0) is 0 Å². The summed E-state index contributed by atoms with van der Waals surface area (Å²) in [6, 6.07) is 3.78. The molecule has 1 fully saturated rings. The normalized spacial score (nSPS) is 23.4. The zero-order valence-electron chi connectivity index (χ0n) is 12.1. The summed E-state index contributed by atoms with van der Waals surface area (Å²) in [5.41, 5.74) is 0.0237. The first-order chi connectivity index (χ1) is 9.51. The molecule has 0 spiro atoms. The molecular formula is C13H21N5O2. The molecule has 7 heteroatoms. The van der Waals surface area contributed by atoms with Crippen LogP contribution in [0.2, 0.25) is 0 Å². The predicted molar refractivity (Wildman–Crippen MR) is 79.2 cm³/mol. The van der Waals surface area contributed by atoms with E-state index in [1.54, 1.807) is 13.1 Å². The average Bonchev–Trinajstić information content (AvgIpc) is 2.42. The first-order valence-corrected chi connectivity index (χ1v) is 6.81. The van der Waals surface area contributed by atoms with Gasteiger partial charge in [0.15, 0.2) is 0 Å². The number of aromatic nitrogens is 1. The Labute approximate surface area is 118 Å². The molecule has 0 bridgehead atoms. The Morgan fingerprint density at radius 3 is 2.85 bits per heavy atom. The van der Waals surface area contributed by atoms with E-state index in [9.17, 15) is 10.1 Å². The lowest BCUT2D eigenvalue weighted by Crippen LogP contribution is -2.42. The van der Waals surface area contributed by atoms with E-state index in [2.05, 4.69) is 34.5 Å². The van der Waals surface area contributed by atoms with Gasteiger partial charge in [-0.3, -0.25) is 10.1 Å². The number of hydrogen-bond acceptors (Lipinski definition) is 6. The molecule has 2 rings (SSSR count). The minimum absolute atomic E-state index is 0.0237. The van der Waals surface area contributed by atoms with Gasteiger partial charge in [0, 0.05) is 31.7 Å². The van der Waals surface area contributed by atoms with Gasteiger partial charge in [0.25, 0.3) is 0 Å². The summed E-state index contributed by atoms with van der Waals surface area (Å²) in [5.74, 6) is 0.975. The Balaban J connectivity index is 2.17. The molecule has 1 saturated heterocycles. The van der Waals surface area contributed by atoms with E-state index in [0.717, 1.165) is 19.4 Å². The van der Waals surface area contributed by atoms with E-state index in [-0.39, 0.29) is 11.7 Å². The number of nitro groups is 1. The van der Waals surface area contributed by atoms with Crippen LogP contribution in [-0.4, -0.2) is 47.5 Å². The second kappa shape index (κ2) is 6.04. The summed E-state index contributed by atoms with van der Waals surface area (Å²) in [5, 5.41) is 17.2. The summed E-state index contributed by atoms with van der Waals surface area (Å²) in [6.45, 7) is 3.15. The average molecular weight is 279 g/mol. The standard InChI is InChI=1S/C13H21N5O2/c1-9-8-10(6-7-17(9)3)15-13-11(18(19)20)4-5-12(14-2)16-13/h4-5,9-10H,6-8H2,1-3H3,(H2,14,15,16). The molecule has 7 nitrogen and oxygen atoms in total. The lowest BCUT2D eigenvalue weighted by atomic mass is 9.99. The predicted octanol–water partition coefficient (Wildman–Crippen LogP) is 1.93.